The summed E-state index contributed by atoms with van der Waals surface area (Å²) in [5, 5.41) is 2.99. The number of amides is 2. The van der Waals surface area contributed by atoms with Crippen LogP contribution in [0.5, 0.6) is 0 Å². The van der Waals surface area contributed by atoms with Crippen LogP contribution in [0.4, 0.5) is 10.1 Å². The van der Waals surface area contributed by atoms with Crippen molar-refractivity contribution in [3.63, 3.8) is 0 Å². The van der Waals surface area contributed by atoms with Gasteiger partial charge in [0.05, 0.1) is 11.9 Å². The fourth-order valence-electron chi connectivity index (χ4n) is 8.91. The van der Waals surface area contributed by atoms with Gasteiger partial charge in [-0.05, 0) is 109 Å². The highest BCUT2D eigenvalue weighted by atomic mass is 32.2. The number of carbonyl (C=O) groups is 2. The minimum Gasteiger partial charge on any atom is -0.354 e. The van der Waals surface area contributed by atoms with Crippen molar-refractivity contribution < 1.29 is 22.4 Å². The highest BCUT2D eigenvalue weighted by molar-refractivity contribution is 7.92. The molecule has 0 aromatic heterocycles. The van der Waals surface area contributed by atoms with Crippen LogP contribution in [-0.2, 0) is 38.0 Å². The Balaban J connectivity index is 1.29. The van der Waals surface area contributed by atoms with Gasteiger partial charge in [0.2, 0.25) is 21.8 Å². The lowest BCUT2D eigenvalue weighted by atomic mass is 9.48. The minimum atomic E-state index is -3.87. The summed E-state index contributed by atoms with van der Waals surface area (Å²) in [6.45, 7) is 2.04. The molecule has 0 radical (unpaired) electrons. The number of carbonyl (C=O) groups excluding carboxylic acids is 2. The third-order valence-electron chi connectivity index (χ3n) is 10.9. The quantitative estimate of drug-likeness (QED) is 0.195. The number of nitrogens with zero attached hydrogens (tertiary/aromatic N) is 2. The molecule has 4 fully saturated rings. The molecule has 0 spiro atoms. The molecule has 0 heterocycles. The molecule has 1 atom stereocenters. The number of hydrogen-bond donors (Lipinski definition) is 1. The zero-order valence-corrected chi connectivity index (χ0v) is 28.9. The van der Waals surface area contributed by atoms with Gasteiger partial charge >= 0.3 is 0 Å². The Hall–Kier alpha value is -3.72. The first kappa shape index (κ1) is 34.2. The van der Waals surface area contributed by atoms with E-state index in [9.17, 15) is 22.4 Å². The molecule has 4 aliphatic rings. The molecule has 1 N–H and O–H groups in total. The summed E-state index contributed by atoms with van der Waals surface area (Å²) in [4.78, 5) is 29.6. The third kappa shape index (κ3) is 7.77. The fourth-order valence-corrected chi connectivity index (χ4v) is 9.76. The fraction of sp³-hybridized carbons (Fsp3) is 0.487. The van der Waals surface area contributed by atoms with Crippen LogP contribution < -0.4 is 9.62 Å². The maximum absolute atomic E-state index is 14.4. The van der Waals surface area contributed by atoms with Crippen molar-refractivity contribution in [3.05, 3.63) is 101 Å². The van der Waals surface area contributed by atoms with E-state index < -0.39 is 34.3 Å². The van der Waals surface area contributed by atoms with Gasteiger partial charge in [0, 0.05) is 19.5 Å². The molecular weight excluding hydrogens is 626 g/mol. The van der Waals surface area contributed by atoms with Crippen molar-refractivity contribution >= 4 is 27.5 Å². The topological polar surface area (TPSA) is 86.8 Å². The number of benzene rings is 3. The lowest BCUT2D eigenvalue weighted by Crippen LogP contribution is -2.53. The van der Waals surface area contributed by atoms with E-state index in [1.807, 2.05) is 49.4 Å². The van der Waals surface area contributed by atoms with E-state index >= 15 is 0 Å². The van der Waals surface area contributed by atoms with Crippen LogP contribution in [0.2, 0.25) is 0 Å². The molecule has 7 nitrogen and oxygen atoms in total. The van der Waals surface area contributed by atoms with Gasteiger partial charge in [-0.2, -0.15) is 0 Å². The highest BCUT2D eigenvalue weighted by Crippen LogP contribution is 2.60. The smallest absolute Gasteiger partial charge is 0.244 e. The minimum absolute atomic E-state index is 0.0143. The molecule has 0 unspecified atom stereocenters. The van der Waals surface area contributed by atoms with Gasteiger partial charge < -0.3 is 10.2 Å². The zero-order chi connectivity index (χ0) is 33.9. The molecule has 4 bridgehead atoms. The molecule has 0 saturated heterocycles. The van der Waals surface area contributed by atoms with Gasteiger partial charge in [-0.15, -0.1) is 0 Å². The normalized spacial score (nSPS) is 23.4. The van der Waals surface area contributed by atoms with Crippen molar-refractivity contribution in [2.45, 2.75) is 82.7 Å². The monoisotopic (exact) mass is 673 g/mol. The first-order valence-electron chi connectivity index (χ1n) is 17.5. The third-order valence-corrected chi connectivity index (χ3v) is 12.0. The molecule has 4 saturated carbocycles. The lowest BCUT2D eigenvalue weighted by molar-refractivity contribution is -0.140. The number of hydrogen-bond acceptors (Lipinski definition) is 4. The molecule has 4 aliphatic carbocycles. The Kier molecular flexibility index (Phi) is 10.3. The van der Waals surface area contributed by atoms with Gasteiger partial charge in [-0.25, -0.2) is 12.8 Å². The largest absolute Gasteiger partial charge is 0.354 e. The Morgan fingerprint density at radius 1 is 0.875 bits per heavy atom. The molecule has 9 heteroatoms. The van der Waals surface area contributed by atoms with Crippen LogP contribution >= 0.6 is 0 Å². The highest BCUT2D eigenvalue weighted by Gasteiger charge is 2.51. The predicted molar refractivity (Wildman–Crippen MR) is 187 cm³/mol. The zero-order valence-electron chi connectivity index (χ0n) is 28.1. The summed E-state index contributed by atoms with van der Waals surface area (Å²) in [6.07, 6.45) is 10.7. The summed E-state index contributed by atoms with van der Waals surface area (Å²) in [6, 6.07) is 22.2. The van der Waals surface area contributed by atoms with Crippen molar-refractivity contribution in [2.24, 2.45) is 17.8 Å². The first-order valence-corrected chi connectivity index (χ1v) is 19.3. The van der Waals surface area contributed by atoms with Gasteiger partial charge in [-0.3, -0.25) is 13.9 Å². The Morgan fingerprint density at radius 2 is 1.48 bits per heavy atom. The second-order valence-corrected chi connectivity index (χ2v) is 16.4. The van der Waals surface area contributed by atoms with Crippen LogP contribution in [0.1, 0.15) is 75.0 Å². The first-order chi connectivity index (χ1) is 23.0. The van der Waals surface area contributed by atoms with Gasteiger partial charge in [0.1, 0.15) is 18.4 Å². The lowest BCUT2D eigenvalue weighted by Gasteiger charge is -2.57. The van der Waals surface area contributed by atoms with Crippen molar-refractivity contribution in [1.29, 1.82) is 0 Å². The molecule has 48 heavy (non-hydrogen) atoms. The van der Waals surface area contributed by atoms with E-state index in [2.05, 4.69) is 17.4 Å². The van der Waals surface area contributed by atoms with Gasteiger partial charge in [-0.1, -0.05) is 67.9 Å². The maximum atomic E-state index is 14.4. The summed E-state index contributed by atoms with van der Waals surface area (Å²) in [7, 11) is -3.87. The molecule has 3 aromatic carbocycles. The Bertz CT molecular complexity index is 1640. The van der Waals surface area contributed by atoms with Crippen LogP contribution in [0.25, 0.3) is 0 Å². The average molecular weight is 674 g/mol. The van der Waals surface area contributed by atoms with Crippen LogP contribution in [0, 0.1) is 23.6 Å². The number of nitrogens with one attached hydrogen (secondary N) is 1. The van der Waals surface area contributed by atoms with E-state index in [4.69, 9.17) is 0 Å². The SMILES string of the molecule is CCCCNC(=O)[C@H](Cc1ccccc1)N(Cc1ccc(F)cc1)C(=O)CN(c1ccc(C23CC4CC(CC(C4)C2)C3)cc1)S(C)(=O)=O. The van der Waals surface area contributed by atoms with E-state index in [-0.39, 0.29) is 24.3 Å². The summed E-state index contributed by atoms with van der Waals surface area (Å²) in [5.74, 6) is 1.13. The molecule has 2 amide bonds. The predicted octanol–water partition coefficient (Wildman–Crippen LogP) is 6.62. The summed E-state index contributed by atoms with van der Waals surface area (Å²) < 4.78 is 41.6. The van der Waals surface area contributed by atoms with E-state index in [0.29, 0.717) is 17.8 Å². The van der Waals surface area contributed by atoms with Crippen molar-refractivity contribution in [1.82, 2.24) is 10.2 Å². The van der Waals surface area contributed by atoms with Crippen LogP contribution in [0.15, 0.2) is 78.9 Å². The summed E-state index contributed by atoms with van der Waals surface area (Å²) in [5.41, 5.74) is 3.36. The number of unbranched alkanes of at least 4 members (excludes halogenated alkanes) is 1. The Labute approximate surface area is 285 Å². The van der Waals surface area contributed by atoms with E-state index in [1.165, 1.54) is 61.1 Å². The number of halogens is 1. The Morgan fingerprint density at radius 3 is 2.04 bits per heavy atom. The number of sulfonamides is 1. The summed E-state index contributed by atoms with van der Waals surface area (Å²) >= 11 is 0. The van der Waals surface area contributed by atoms with Crippen LogP contribution in [0.3, 0.4) is 0 Å². The van der Waals surface area contributed by atoms with Gasteiger partial charge in [0.15, 0.2) is 0 Å². The molecular formula is C39H48FN3O4S. The molecule has 0 aliphatic heterocycles. The van der Waals surface area contributed by atoms with Crippen LogP contribution in [-0.4, -0.2) is 50.5 Å². The standard InChI is InChI=1S/C39H48FN3O4S/c1-3-4-18-41-38(45)36(22-28-8-6-5-7-9-28)42(26-29-10-14-34(40)15-11-29)37(44)27-43(48(2,46)47)35-16-12-33(13-17-35)39-23-30-19-31(24-39)21-32(20-30)25-39/h5-17,30-32,36H,3-4,18-27H2,1-2H3,(H,41,45)/t30?,31?,32?,36-,39?/m0/s1. The van der Waals surface area contributed by atoms with E-state index in [1.54, 1.807) is 12.1 Å². The van der Waals surface area contributed by atoms with Crippen molar-refractivity contribution in [3.8, 4) is 0 Å². The van der Waals surface area contributed by atoms with Crippen molar-refractivity contribution in [2.75, 3.05) is 23.7 Å². The molecule has 256 valence electrons. The second-order valence-electron chi connectivity index (χ2n) is 14.5. The van der Waals surface area contributed by atoms with E-state index in [0.717, 1.165) is 46.7 Å². The number of rotatable bonds is 14. The number of anilines is 1. The maximum Gasteiger partial charge on any atom is 0.244 e. The second kappa shape index (κ2) is 14.4. The average Bonchev–Trinajstić information content (AvgIpc) is 3.05. The molecule has 7 rings (SSSR count). The molecule has 3 aromatic rings. The van der Waals surface area contributed by atoms with Gasteiger partial charge in [0.25, 0.3) is 0 Å².